The summed E-state index contributed by atoms with van der Waals surface area (Å²) in [5.41, 5.74) is 4.32. The van der Waals surface area contributed by atoms with Gasteiger partial charge in [0, 0.05) is 12.3 Å². The lowest BCUT2D eigenvalue weighted by Gasteiger charge is -2.14. The van der Waals surface area contributed by atoms with Crippen molar-refractivity contribution in [1.29, 1.82) is 0 Å². The minimum atomic E-state index is 0.623. The molecule has 0 aliphatic carbocycles. The molecule has 0 saturated carbocycles. The van der Waals surface area contributed by atoms with Gasteiger partial charge in [0.15, 0.2) is 0 Å². The number of nitrogens with one attached hydrogen (secondary N) is 1. The van der Waals surface area contributed by atoms with Gasteiger partial charge in [0.1, 0.15) is 0 Å². The molecular weight excluding hydrogens is 112 g/mol. The van der Waals surface area contributed by atoms with Crippen LogP contribution in [0.3, 0.4) is 0 Å². The summed E-state index contributed by atoms with van der Waals surface area (Å²) in [4.78, 5) is 0. The number of hydrazone groups is 1. The highest BCUT2D eigenvalue weighted by Crippen LogP contribution is 2.06. The van der Waals surface area contributed by atoms with E-state index in [1.807, 2.05) is 0 Å². The zero-order valence-electron chi connectivity index (χ0n) is 6.15. The SMILES string of the molecule is CC(C)C1=NNCCC1. The maximum absolute atomic E-state index is 4.20. The molecular formula is C7H14N2. The fraction of sp³-hybridized carbons (Fsp3) is 0.857. The molecule has 0 aromatic rings. The monoisotopic (exact) mass is 126 g/mol. The van der Waals surface area contributed by atoms with Crippen molar-refractivity contribution >= 4 is 5.71 Å². The van der Waals surface area contributed by atoms with Crippen LogP contribution >= 0.6 is 0 Å². The summed E-state index contributed by atoms with van der Waals surface area (Å²) in [7, 11) is 0. The van der Waals surface area contributed by atoms with E-state index in [1.54, 1.807) is 0 Å². The van der Waals surface area contributed by atoms with Crippen LogP contribution in [-0.2, 0) is 0 Å². The first-order valence-electron chi connectivity index (χ1n) is 3.60. The third-order valence-corrected chi connectivity index (χ3v) is 1.61. The van der Waals surface area contributed by atoms with Crippen LogP contribution in [0.5, 0.6) is 0 Å². The Morgan fingerprint density at radius 1 is 1.56 bits per heavy atom. The Labute approximate surface area is 56.3 Å². The smallest absolute Gasteiger partial charge is 0.0404 e. The second kappa shape index (κ2) is 2.85. The van der Waals surface area contributed by atoms with E-state index < -0.39 is 0 Å². The van der Waals surface area contributed by atoms with Gasteiger partial charge in [-0.05, 0) is 18.8 Å². The van der Waals surface area contributed by atoms with Crippen molar-refractivity contribution in [3.05, 3.63) is 0 Å². The Hall–Kier alpha value is -0.530. The lowest BCUT2D eigenvalue weighted by atomic mass is 10.0. The molecule has 0 atom stereocenters. The fourth-order valence-corrected chi connectivity index (χ4v) is 0.980. The highest BCUT2D eigenvalue weighted by molar-refractivity contribution is 5.86. The van der Waals surface area contributed by atoms with Crippen molar-refractivity contribution in [3.8, 4) is 0 Å². The number of nitrogens with zero attached hydrogens (tertiary/aromatic N) is 1. The summed E-state index contributed by atoms with van der Waals surface area (Å²) in [5, 5.41) is 4.20. The molecule has 0 amide bonds. The molecule has 0 fully saturated rings. The highest BCUT2D eigenvalue weighted by atomic mass is 15.3. The standard InChI is InChI=1S/C7H14N2/c1-6(2)7-4-3-5-8-9-7/h6,8H,3-5H2,1-2H3. The van der Waals surface area contributed by atoms with Gasteiger partial charge in [-0.1, -0.05) is 13.8 Å². The molecule has 2 heteroatoms. The first kappa shape index (κ1) is 6.59. The molecule has 1 N–H and O–H groups in total. The van der Waals surface area contributed by atoms with Crippen LogP contribution < -0.4 is 5.43 Å². The third kappa shape index (κ3) is 1.70. The maximum atomic E-state index is 4.20. The molecule has 0 aromatic carbocycles. The van der Waals surface area contributed by atoms with Crippen LogP contribution in [0, 0.1) is 5.92 Å². The van der Waals surface area contributed by atoms with E-state index in [1.165, 1.54) is 18.6 Å². The predicted molar refractivity (Wildman–Crippen MR) is 39.5 cm³/mol. The van der Waals surface area contributed by atoms with Crippen LogP contribution in [0.25, 0.3) is 0 Å². The molecule has 0 aromatic heterocycles. The Kier molecular flexibility index (Phi) is 2.09. The zero-order valence-corrected chi connectivity index (χ0v) is 6.15. The van der Waals surface area contributed by atoms with Crippen LogP contribution in [0.15, 0.2) is 5.10 Å². The average Bonchev–Trinajstić information content (AvgIpc) is 1.90. The quantitative estimate of drug-likeness (QED) is 0.564. The fourth-order valence-electron chi connectivity index (χ4n) is 0.980. The molecule has 0 spiro atoms. The first-order valence-corrected chi connectivity index (χ1v) is 3.60. The van der Waals surface area contributed by atoms with E-state index in [-0.39, 0.29) is 0 Å². The molecule has 0 unspecified atom stereocenters. The van der Waals surface area contributed by atoms with Crippen molar-refractivity contribution in [2.75, 3.05) is 6.54 Å². The van der Waals surface area contributed by atoms with E-state index >= 15 is 0 Å². The average molecular weight is 126 g/mol. The van der Waals surface area contributed by atoms with Crippen LogP contribution in [0.1, 0.15) is 26.7 Å². The summed E-state index contributed by atoms with van der Waals surface area (Å²) >= 11 is 0. The molecule has 1 aliphatic heterocycles. The lowest BCUT2D eigenvalue weighted by molar-refractivity contribution is 0.634. The van der Waals surface area contributed by atoms with E-state index in [2.05, 4.69) is 24.4 Å². The van der Waals surface area contributed by atoms with Gasteiger partial charge < -0.3 is 5.43 Å². The Morgan fingerprint density at radius 3 is 2.67 bits per heavy atom. The minimum Gasteiger partial charge on any atom is -0.310 e. The van der Waals surface area contributed by atoms with E-state index in [0.717, 1.165) is 6.54 Å². The van der Waals surface area contributed by atoms with Crippen molar-refractivity contribution in [1.82, 2.24) is 5.43 Å². The maximum Gasteiger partial charge on any atom is 0.0404 e. The normalized spacial score (nSPS) is 19.2. The van der Waals surface area contributed by atoms with E-state index in [0.29, 0.717) is 5.92 Å². The van der Waals surface area contributed by atoms with Gasteiger partial charge in [-0.15, -0.1) is 0 Å². The number of hydrogen-bond donors (Lipinski definition) is 1. The predicted octanol–water partition coefficient (Wildman–Crippen LogP) is 1.38. The second-order valence-electron chi connectivity index (χ2n) is 2.77. The molecule has 0 radical (unpaired) electrons. The minimum absolute atomic E-state index is 0.623. The molecule has 9 heavy (non-hydrogen) atoms. The van der Waals surface area contributed by atoms with Crippen molar-refractivity contribution in [2.45, 2.75) is 26.7 Å². The Morgan fingerprint density at radius 2 is 2.33 bits per heavy atom. The van der Waals surface area contributed by atoms with Crippen LogP contribution in [0.2, 0.25) is 0 Å². The summed E-state index contributed by atoms with van der Waals surface area (Å²) < 4.78 is 0. The molecule has 2 nitrogen and oxygen atoms in total. The van der Waals surface area contributed by atoms with Gasteiger partial charge in [0.05, 0.1) is 0 Å². The molecule has 0 bridgehead atoms. The molecule has 1 rings (SSSR count). The van der Waals surface area contributed by atoms with E-state index in [9.17, 15) is 0 Å². The van der Waals surface area contributed by atoms with Gasteiger partial charge in [0.2, 0.25) is 0 Å². The van der Waals surface area contributed by atoms with Crippen molar-refractivity contribution in [2.24, 2.45) is 11.0 Å². The first-order chi connectivity index (χ1) is 4.30. The number of hydrogen-bond acceptors (Lipinski definition) is 2. The highest BCUT2D eigenvalue weighted by Gasteiger charge is 2.07. The Bertz CT molecular complexity index is 116. The zero-order chi connectivity index (χ0) is 6.69. The summed E-state index contributed by atoms with van der Waals surface area (Å²) in [6.07, 6.45) is 2.43. The van der Waals surface area contributed by atoms with Crippen molar-refractivity contribution in [3.63, 3.8) is 0 Å². The third-order valence-electron chi connectivity index (χ3n) is 1.61. The van der Waals surface area contributed by atoms with Gasteiger partial charge in [-0.3, -0.25) is 0 Å². The van der Waals surface area contributed by atoms with Gasteiger partial charge in [0.25, 0.3) is 0 Å². The molecule has 0 saturated heterocycles. The van der Waals surface area contributed by atoms with Gasteiger partial charge in [-0.2, -0.15) is 5.10 Å². The number of rotatable bonds is 1. The van der Waals surface area contributed by atoms with Gasteiger partial charge >= 0.3 is 0 Å². The molecule has 1 aliphatic rings. The summed E-state index contributed by atoms with van der Waals surface area (Å²) in [6, 6.07) is 0. The van der Waals surface area contributed by atoms with E-state index in [4.69, 9.17) is 0 Å². The van der Waals surface area contributed by atoms with Crippen LogP contribution in [-0.4, -0.2) is 12.3 Å². The summed E-state index contributed by atoms with van der Waals surface area (Å²) in [6.45, 7) is 5.42. The van der Waals surface area contributed by atoms with Crippen molar-refractivity contribution < 1.29 is 0 Å². The molecule has 52 valence electrons. The second-order valence-corrected chi connectivity index (χ2v) is 2.77. The largest absolute Gasteiger partial charge is 0.310 e. The van der Waals surface area contributed by atoms with Crippen LogP contribution in [0.4, 0.5) is 0 Å². The Balaban J connectivity index is 2.46. The van der Waals surface area contributed by atoms with Gasteiger partial charge in [-0.25, -0.2) is 0 Å². The topological polar surface area (TPSA) is 24.4 Å². The summed E-state index contributed by atoms with van der Waals surface area (Å²) in [5.74, 6) is 0.623. The lowest BCUT2D eigenvalue weighted by Crippen LogP contribution is -2.22. The molecule has 1 heterocycles.